The van der Waals surface area contributed by atoms with Crippen molar-refractivity contribution in [1.29, 1.82) is 0 Å². The zero-order chi connectivity index (χ0) is 41.7. The van der Waals surface area contributed by atoms with E-state index in [0.717, 1.165) is 57.1 Å². The molecular weight excluding hydrogens is 917 g/mol. The van der Waals surface area contributed by atoms with E-state index in [0.29, 0.717) is 11.8 Å². The maximum absolute atomic E-state index is 10.0. The molecule has 0 aliphatic carbocycles. The Bertz CT molecular complexity index is 2460. The Morgan fingerprint density at radius 3 is 1.35 bits per heavy atom. The Hall–Kier alpha value is -5.10. The topological polar surface area (TPSA) is 88.9 Å². The maximum atomic E-state index is 10.0. The second-order valence-corrected chi connectivity index (χ2v) is 15.8. The van der Waals surface area contributed by atoms with Gasteiger partial charge in [0.25, 0.3) is 0 Å². The van der Waals surface area contributed by atoms with Gasteiger partial charge in [0, 0.05) is 49.6 Å². The zero-order valence-electron chi connectivity index (χ0n) is 36.0. The summed E-state index contributed by atoms with van der Waals surface area (Å²) in [6, 6.07) is 36.1. The first kappa shape index (κ1) is 46.0. The third-order valence-corrected chi connectivity index (χ3v) is 11.3. The summed E-state index contributed by atoms with van der Waals surface area (Å²) in [5.41, 5.74) is 6.17. The number of benzene rings is 6. The van der Waals surface area contributed by atoms with Crippen molar-refractivity contribution in [2.24, 2.45) is 11.8 Å². The Balaban J connectivity index is 0.000000194. The number of carbonyl (C=O) groups excluding carboxylic acids is 1. The minimum Gasteiger partial charge on any atom is -0.512 e. The van der Waals surface area contributed by atoms with Crippen molar-refractivity contribution in [3.63, 3.8) is 0 Å². The van der Waals surface area contributed by atoms with E-state index >= 15 is 0 Å². The molecular formula is C53H58IrN4O2-2. The van der Waals surface area contributed by atoms with Crippen LogP contribution in [-0.2, 0) is 37.7 Å². The molecule has 2 aromatic heterocycles. The number of unbranched alkanes of at least 4 members (excludes halogenated alkanes) is 2. The van der Waals surface area contributed by atoms with E-state index in [1.54, 1.807) is 0 Å². The average Bonchev–Trinajstić information content (AvgIpc) is 3.26. The van der Waals surface area contributed by atoms with Crippen molar-refractivity contribution in [2.45, 2.75) is 106 Å². The van der Waals surface area contributed by atoms with E-state index in [1.807, 2.05) is 36.7 Å². The van der Waals surface area contributed by atoms with Gasteiger partial charge in [-0.15, -0.1) is 59.3 Å². The molecule has 8 rings (SSSR count). The summed E-state index contributed by atoms with van der Waals surface area (Å²) in [4.78, 5) is 29.8. The van der Waals surface area contributed by atoms with E-state index in [9.17, 15) is 4.79 Å². The third-order valence-electron chi connectivity index (χ3n) is 11.3. The zero-order valence-corrected chi connectivity index (χ0v) is 38.4. The molecule has 6 aromatic carbocycles. The summed E-state index contributed by atoms with van der Waals surface area (Å²) < 4.78 is 0. The fourth-order valence-electron chi connectivity index (χ4n) is 8.13. The quantitative estimate of drug-likeness (QED) is 0.0536. The number of fused-ring (bicyclic) bond motifs is 12. The minimum atomic E-state index is -0.125. The molecule has 2 heterocycles. The van der Waals surface area contributed by atoms with Crippen LogP contribution >= 0.6 is 0 Å². The van der Waals surface area contributed by atoms with Gasteiger partial charge in [0.1, 0.15) is 0 Å². The van der Waals surface area contributed by atoms with Gasteiger partial charge in [-0.1, -0.05) is 149 Å². The number of aliphatic hydroxyl groups excluding tert-OH is 1. The second-order valence-electron chi connectivity index (χ2n) is 15.8. The maximum Gasteiger partial charge on any atom is 0.155 e. The first-order chi connectivity index (χ1) is 28.8. The molecule has 0 spiro atoms. The van der Waals surface area contributed by atoms with Gasteiger partial charge in [-0.05, 0) is 49.3 Å². The van der Waals surface area contributed by atoms with Gasteiger partial charge in [0.15, 0.2) is 5.78 Å². The summed E-state index contributed by atoms with van der Waals surface area (Å²) in [5.74, 6) is 1.33. The van der Waals surface area contributed by atoms with Crippen LogP contribution < -0.4 is 0 Å². The molecule has 6 nitrogen and oxygen atoms in total. The molecule has 0 aliphatic heterocycles. The van der Waals surface area contributed by atoms with Crippen LogP contribution in [-0.4, -0.2) is 30.8 Å². The summed E-state index contributed by atoms with van der Waals surface area (Å²) in [5, 5.41) is 17.7. The van der Waals surface area contributed by atoms with Gasteiger partial charge in [0.05, 0.1) is 28.2 Å². The number of allylic oxidation sites excluding steroid dienone is 2. The molecule has 313 valence electrons. The number of hydrogen-bond acceptors (Lipinski definition) is 6. The first-order valence-corrected chi connectivity index (χ1v) is 21.6. The van der Waals surface area contributed by atoms with Gasteiger partial charge in [-0.2, -0.15) is 0 Å². The van der Waals surface area contributed by atoms with Crippen LogP contribution in [0.3, 0.4) is 0 Å². The molecule has 0 saturated heterocycles. The van der Waals surface area contributed by atoms with Crippen molar-refractivity contribution in [2.75, 3.05) is 0 Å². The summed E-state index contributed by atoms with van der Waals surface area (Å²) in [7, 11) is 0. The van der Waals surface area contributed by atoms with Gasteiger partial charge in [0.2, 0.25) is 0 Å². The predicted molar refractivity (Wildman–Crippen MR) is 248 cm³/mol. The van der Waals surface area contributed by atoms with E-state index in [2.05, 4.69) is 100 Å². The smallest absolute Gasteiger partial charge is 0.155 e. The van der Waals surface area contributed by atoms with Crippen LogP contribution in [0.2, 0.25) is 0 Å². The third kappa shape index (κ3) is 11.2. The number of ketones is 1. The monoisotopic (exact) mass is 975 g/mol. The van der Waals surface area contributed by atoms with Crippen molar-refractivity contribution < 1.29 is 30.0 Å². The van der Waals surface area contributed by atoms with E-state index in [4.69, 9.17) is 25.0 Å². The molecule has 8 aromatic rings. The van der Waals surface area contributed by atoms with Crippen molar-refractivity contribution in [3.8, 4) is 0 Å². The van der Waals surface area contributed by atoms with Crippen molar-refractivity contribution >= 4 is 70.9 Å². The van der Waals surface area contributed by atoms with E-state index < -0.39 is 0 Å². The molecule has 7 heteroatoms. The van der Waals surface area contributed by atoms with Crippen LogP contribution in [0.4, 0.5) is 0 Å². The van der Waals surface area contributed by atoms with Crippen molar-refractivity contribution in [1.82, 2.24) is 19.9 Å². The molecule has 0 fully saturated rings. The minimum absolute atomic E-state index is 0. The molecule has 0 bridgehead atoms. The molecule has 1 N–H and O–H groups in total. The molecule has 60 heavy (non-hydrogen) atoms. The summed E-state index contributed by atoms with van der Waals surface area (Å²) in [6.07, 6.45) is 17.2. The average molecular weight is 975 g/mol. The van der Waals surface area contributed by atoms with Crippen LogP contribution in [0, 0.1) is 24.0 Å². The molecule has 1 radical (unpaired) electrons. The van der Waals surface area contributed by atoms with Crippen LogP contribution in [0.1, 0.15) is 104 Å². The number of aliphatic hydroxyl groups is 1. The van der Waals surface area contributed by atoms with Crippen molar-refractivity contribution in [3.05, 3.63) is 133 Å². The largest absolute Gasteiger partial charge is 0.512 e. The Labute approximate surface area is 369 Å². The van der Waals surface area contributed by atoms with Gasteiger partial charge in [-0.3, -0.25) is 14.8 Å². The van der Waals surface area contributed by atoms with Gasteiger partial charge < -0.3 is 15.1 Å². The van der Waals surface area contributed by atoms with Crippen LogP contribution in [0.5, 0.6) is 0 Å². The molecule has 0 saturated carbocycles. The summed E-state index contributed by atoms with van der Waals surface area (Å²) >= 11 is 0. The number of carbonyl (C=O) groups is 1. The fourth-order valence-corrected chi connectivity index (χ4v) is 8.13. The number of nitrogens with zero attached hydrogens (tertiary/aromatic N) is 4. The van der Waals surface area contributed by atoms with Gasteiger partial charge >= 0.3 is 0 Å². The van der Waals surface area contributed by atoms with E-state index in [1.165, 1.54) is 104 Å². The van der Waals surface area contributed by atoms with E-state index in [-0.39, 0.29) is 31.6 Å². The number of rotatable bonds is 13. The van der Waals surface area contributed by atoms with Crippen LogP contribution in [0.25, 0.3) is 65.2 Å². The standard InChI is InChI=1S/2C24H25N2.C5H8O2.Ir/c2*1-3-5-10-17(4-2)15-18-16-25-23-21-13-8-6-11-19(21)20-12-7-9-14-22(20)24(23)26-18;1-4(6)3-5(2)7;/h2*6-9,11-12,14,16-17H,3-5,10,15H2,1-2H3;3,6H,1-2H3;/q2*-1;;. The second kappa shape index (κ2) is 22.5. The Morgan fingerprint density at radius 1 is 0.600 bits per heavy atom. The Kier molecular flexibility index (Phi) is 17.2. The summed E-state index contributed by atoms with van der Waals surface area (Å²) in [6.45, 7) is 11.9. The SMILES string of the molecule is CC(=O)C=C(C)O.CCCCC(CC)Cc1cnc2c3[c-]cccc3c3ccccc3c2n1.CCCCC(CC)Cc1cnc2c3[c-]cccc3c3ccccc3c2n1.[Ir]. The predicted octanol–water partition coefficient (Wildman–Crippen LogP) is 14.0. The number of hydrogen-bond donors (Lipinski definition) is 1. The fraction of sp³-hybridized carbons (Fsp3) is 0.340. The van der Waals surface area contributed by atoms with Gasteiger partial charge in [-0.25, -0.2) is 0 Å². The molecule has 0 aliphatic rings. The van der Waals surface area contributed by atoms with Crippen LogP contribution in [0.15, 0.2) is 109 Å². The Morgan fingerprint density at radius 2 is 1.00 bits per heavy atom. The molecule has 0 amide bonds. The first-order valence-electron chi connectivity index (χ1n) is 21.6. The number of aromatic nitrogens is 4. The molecule has 2 atom stereocenters. The molecule has 2 unspecified atom stereocenters. The normalized spacial score (nSPS) is 12.5.